The van der Waals surface area contributed by atoms with Gasteiger partial charge in [0.15, 0.2) is 0 Å². The third-order valence-corrected chi connectivity index (χ3v) is 2.53. The third kappa shape index (κ3) is 2.97. The monoisotopic (exact) mass is 262 g/mol. The first-order valence-corrected chi connectivity index (χ1v) is 5.86. The molecule has 2 rings (SSSR count). The molecule has 1 aromatic carbocycles. The summed E-state index contributed by atoms with van der Waals surface area (Å²) in [6, 6.07) is 6.28. The lowest BCUT2D eigenvalue weighted by atomic mass is 10.1. The van der Waals surface area contributed by atoms with Crippen molar-refractivity contribution in [2.75, 3.05) is 25.5 Å². The number of nitrogens with zero attached hydrogens (tertiary/aromatic N) is 2. The fourth-order valence-corrected chi connectivity index (χ4v) is 1.69. The molecule has 0 atom stereocenters. The van der Waals surface area contributed by atoms with Crippen molar-refractivity contribution < 1.29 is 9.13 Å². The first-order valence-electron chi connectivity index (χ1n) is 5.86. The molecule has 0 unspecified atom stereocenters. The molecule has 0 amide bonds. The number of halogens is 1. The quantitative estimate of drug-likeness (QED) is 0.857. The molecule has 0 aliphatic carbocycles. The van der Waals surface area contributed by atoms with Crippen LogP contribution in [0.15, 0.2) is 30.5 Å². The van der Waals surface area contributed by atoms with Gasteiger partial charge in [-0.3, -0.25) is 0 Å². The fraction of sp³-hybridized carbons (Fsp3) is 0.231. The SMILES string of the molecule is COc1cccc(F)c1-c1ccnc(NCCN)n1. The Morgan fingerprint density at radius 1 is 1.37 bits per heavy atom. The molecule has 0 aliphatic heterocycles. The normalized spacial score (nSPS) is 10.3. The predicted octanol–water partition coefficient (Wildman–Crippen LogP) is 1.66. The minimum absolute atomic E-state index is 0.322. The summed E-state index contributed by atoms with van der Waals surface area (Å²) in [5.41, 5.74) is 6.18. The topological polar surface area (TPSA) is 73.1 Å². The Bertz CT molecular complexity index is 562. The van der Waals surface area contributed by atoms with Crippen LogP contribution in [0.5, 0.6) is 5.75 Å². The lowest BCUT2D eigenvalue weighted by molar-refractivity contribution is 0.413. The minimum Gasteiger partial charge on any atom is -0.496 e. The van der Waals surface area contributed by atoms with E-state index >= 15 is 0 Å². The van der Waals surface area contributed by atoms with Crippen molar-refractivity contribution in [3.8, 4) is 17.0 Å². The number of benzene rings is 1. The van der Waals surface area contributed by atoms with E-state index in [0.29, 0.717) is 36.0 Å². The molecule has 0 fully saturated rings. The van der Waals surface area contributed by atoms with Crippen molar-refractivity contribution in [2.24, 2.45) is 5.73 Å². The maximum Gasteiger partial charge on any atom is 0.223 e. The van der Waals surface area contributed by atoms with Crippen molar-refractivity contribution in [1.82, 2.24) is 9.97 Å². The number of ether oxygens (including phenoxy) is 1. The molecule has 0 aliphatic rings. The van der Waals surface area contributed by atoms with E-state index in [0.717, 1.165) is 0 Å². The van der Waals surface area contributed by atoms with Crippen LogP contribution in [-0.4, -0.2) is 30.2 Å². The summed E-state index contributed by atoms with van der Waals surface area (Å²) in [5, 5.41) is 2.95. The lowest BCUT2D eigenvalue weighted by Gasteiger charge is -2.10. The van der Waals surface area contributed by atoms with Gasteiger partial charge < -0.3 is 15.8 Å². The van der Waals surface area contributed by atoms with Crippen molar-refractivity contribution in [1.29, 1.82) is 0 Å². The molecular weight excluding hydrogens is 247 g/mol. The lowest BCUT2D eigenvalue weighted by Crippen LogP contribution is -2.14. The summed E-state index contributed by atoms with van der Waals surface area (Å²) >= 11 is 0. The van der Waals surface area contributed by atoms with Crippen LogP contribution in [0, 0.1) is 5.82 Å². The molecule has 100 valence electrons. The summed E-state index contributed by atoms with van der Waals surface area (Å²) in [7, 11) is 1.49. The zero-order valence-corrected chi connectivity index (χ0v) is 10.6. The minimum atomic E-state index is -0.386. The van der Waals surface area contributed by atoms with Crippen LogP contribution >= 0.6 is 0 Å². The number of hydrogen-bond donors (Lipinski definition) is 2. The van der Waals surface area contributed by atoms with E-state index in [9.17, 15) is 4.39 Å². The van der Waals surface area contributed by atoms with Crippen molar-refractivity contribution >= 4 is 5.95 Å². The molecule has 0 saturated carbocycles. The highest BCUT2D eigenvalue weighted by Gasteiger charge is 2.13. The van der Waals surface area contributed by atoms with E-state index < -0.39 is 0 Å². The average molecular weight is 262 g/mol. The Morgan fingerprint density at radius 3 is 2.95 bits per heavy atom. The zero-order chi connectivity index (χ0) is 13.7. The Hall–Kier alpha value is -2.21. The Kier molecular flexibility index (Phi) is 4.25. The maximum absolute atomic E-state index is 13.9. The Morgan fingerprint density at radius 2 is 2.21 bits per heavy atom. The van der Waals surface area contributed by atoms with Crippen LogP contribution in [-0.2, 0) is 0 Å². The molecule has 2 aromatic rings. The van der Waals surface area contributed by atoms with Crippen LogP contribution in [0.1, 0.15) is 0 Å². The van der Waals surface area contributed by atoms with Gasteiger partial charge in [0.05, 0.1) is 18.4 Å². The molecular formula is C13H15FN4O. The summed E-state index contributed by atoms with van der Waals surface area (Å²) in [5.74, 6) is 0.458. The number of anilines is 1. The zero-order valence-electron chi connectivity index (χ0n) is 10.6. The molecule has 19 heavy (non-hydrogen) atoms. The van der Waals surface area contributed by atoms with Gasteiger partial charge in [-0.25, -0.2) is 14.4 Å². The highest BCUT2D eigenvalue weighted by Crippen LogP contribution is 2.31. The number of methoxy groups -OCH3 is 1. The average Bonchev–Trinajstić information content (AvgIpc) is 2.45. The van der Waals surface area contributed by atoms with Crippen LogP contribution in [0.4, 0.5) is 10.3 Å². The highest BCUT2D eigenvalue weighted by atomic mass is 19.1. The molecule has 0 bridgehead atoms. The van der Waals surface area contributed by atoms with Gasteiger partial charge in [0.1, 0.15) is 11.6 Å². The number of rotatable bonds is 5. The third-order valence-electron chi connectivity index (χ3n) is 2.53. The number of nitrogens with one attached hydrogen (secondary N) is 1. The molecule has 1 heterocycles. The van der Waals surface area contributed by atoms with E-state index in [1.807, 2.05) is 0 Å². The summed E-state index contributed by atoms with van der Waals surface area (Å²) in [6.07, 6.45) is 1.56. The van der Waals surface area contributed by atoms with Crippen LogP contribution in [0.2, 0.25) is 0 Å². The van der Waals surface area contributed by atoms with Crippen molar-refractivity contribution in [2.45, 2.75) is 0 Å². The van der Waals surface area contributed by atoms with Crippen LogP contribution in [0.25, 0.3) is 11.3 Å². The smallest absolute Gasteiger partial charge is 0.223 e. The summed E-state index contributed by atoms with van der Waals surface area (Å²) in [6.45, 7) is 1.02. The van der Waals surface area contributed by atoms with Gasteiger partial charge >= 0.3 is 0 Å². The second-order valence-corrected chi connectivity index (χ2v) is 3.80. The summed E-state index contributed by atoms with van der Waals surface area (Å²) in [4.78, 5) is 8.30. The second kappa shape index (κ2) is 6.10. The van der Waals surface area contributed by atoms with E-state index in [2.05, 4.69) is 15.3 Å². The molecule has 0 radical (unpaired) electrons. The summed E-state index contributed by atoms with van der Waals surface area (Å²) < 4.78 is 19.1. The first-order chi connectivity index (χ1) is 9.26. The first kappa shape index (κ1) is 13.2. The van der Waals surface area contributed by atoms with Gasteiger partial charge in [-0.05, 0) is 18.2 Å². The van der Waals surface area contributed by atoms with E-state index in [4.69, 9.17) is 10.5 Å². The Labute approximate surface area is 110 Å². The number of hydrogen-bond acceptors (Lipinski definition) is 5. The van der Waals surface area contributed by atoms with Crippen LogP contribution < -0.4 is 15.8 Å². The van der Waals surface area contributed by atoms with E-state index in [-0.39, 0.29) is 5.82 Å². The van der Waals surface area contributed by atoms with Gasteiger partial charge in [0, 0.05) is 19.3 Å². The number of nitrogens with two attached hydrogens (primary N) is 1. The standard InChI is InChI=1S/C13H15FN4O/c1-19-11-4-2-3-9(14)12(11)10-5-7-16-13(18-10)17-8-6-15/h2-5,7H,6,8,15H2,1H3,(H,16,17,18). The van der Waals surface area contributed by atoms with Gasteiger partial charge in [-0.2, -0.15) is 0 Å². The maximum atomic E-state index is 13.9. The van der Waals surface area contributed by atoms with E-state index in [1.165, 1.54) is 13.2 Å². The molecule has 1 aromatic heterocycles. The molecule has 0 saturated heterocycles. The molecule has 0 spiro atoms. The van der Waals surface area contributed by atoms with Gasteiger partial charge in [-0.15, -0.1) is 0 Å². The molecule has 6 heteroatoms. The van der Waals surface area contributed by atoms with E-state index in [1.54, 1.807) is 24.4 Å². The van der Waals surface area contributed by atoms with Crippen LogP contribution in [0.3, 0.4) is 0 Å². The fourth-order valence-electron chi connectivity index (χ4n) is 1.69. The Balaban J connectivity index is 2.41. The predicted molar refractivity (Wildman–Crippen MR) is 71.5 cm³/mol. The van der Waals surface area contributed by atoms with Gasteiger partial charge in [0.2, 0.25) is 5.95 Å². The molecule has 3 N–H and O–H groups in total. The number of aromatic nitrogens is 2. The largest absolute Gasteiger partial charge is 0.496 e. The molecule has 5 nitrogen and oxygen atoms in total. The van der Waals surface area contributed by atoms with Crippen molar-refractivity contribution in [3.63, 3.8) is 0 Å². The van der Waals surface area contributed by atoms with Gasteiger partial charge in [0.25, 0.3) is 0 Å². The second-order valence-electron chi connectivity index (χ2n) is 3.80. The van der Waals surface area contributed by atoms with Crippen molar-refractivity contribution in [3.05, 3.63) is 36.3 Å². The highest BCUT2D eigenvalue weighted by molar-refractivity contribution is 5.68. The van der Waals surface area contributed by atoms with Gasteiger partial charge in [-0.1, -0.05) is 6.07 Å².